The summed E-state index contributed by atoms with van der Waals surface area (Å²) >= 11 is 0. The van der Waals surface area contributed by atoms with Crippen molar-refractivity contribution in [2.24, 2.45) is 0 Å². The van der Waals surface area contributed by atoms with Gasteiger partial charge < -0.3 is 23.7 Å². The van der Waals surface area contributed by atoms with Crippen molar-refractivity contribution >= 4 is 11.6 Å². The van der Waals surface area contributed by atoms with E-state index in [4.69, 9.17) is 14.2 Å². The quantitative estimate of drug-likeness (QED) is 0.684. The van der Waals surface area contributed by atoms with Gasteiger partial charge >= 0.3 is 5.97 Å². The number of hydrogen-bond donors (Lipinski definition) is 1. The van der Waals surface area contributed by atoms with E-state index < -0.39 is 12.1 Å². The Balaban J connectivity index is 2.20. The molecule has 136 valence electrons. The zero-order chi connectivity index (χ0) is 18.7. The number of rotatable bonds is 6. The van der Waals surface area contributed by atoms with Gasteiger partial charge in [0.05, 0.1) is 26.5 Å². The first-order chi connectivity index (χ1) is 12.6. The second-order valence-electron chi connectivity index (χ2n) is 5.51. The van der Waals surface area contributed by atoms with Gasteiger partial charge in [0.25, 0.3) is 0 Å². The van der Waals surface area contributed by atoms with E-state index in [9.17, 15) is 9.90 Å². The molecule has 3 rings (SSSR count). The van der Waals surface area contributed by atoms with Crippen molar-refractivity contribution in [1.82, 2.24) is 9.38 Å². The number of aliphatic hydroxyl groups excluding tert-OH is 1. The maximum absolute atomic E-state index is 12.4. The molecule has 0 saturated heterocycles. The minimum atomic E-state index is -1.17. The average Bonchev–Trinajstić information content (AvgIpc) is 3.06. The van der Waals surface area contributed by atoms with Crippen molar-refractivity contribution in [3.63, 3.8) is 0 Å². The Morgan fingerprint density at radius 3 is 2.73 bits per heavy atom. The molecule has 0 fully saturated rings. The van der Waals surface area contributed by atoms with Gasteiger partial charge in [-0.05, 0) is 37.3 Å². The van der Waals surface area contributed by atoms with Crippen molar-refractivity contribution in [2.75, 3.05) is 20.8 Å². The third-order valence-corrected chi connectivity index (χ3v) is 4.03. The molecule has 1 atom stereocenters. The number of aliphatic hydroxyl groups is 1. The van der Waals surface area contributed by atoms with Crippen molar-refractivity contribution in [3.8, 4) is 11.5 Å². The SMILES string of the molecule is CCOC(=O)c1nc2ccccn2c1C(O)c1cc(OC)ccc1OC. The number of aromatic nitrogens is 2. The zero-order valence-electron chi connectivity index (χ0n) is 14.8. The molecule has 7 heteroatoms. The number of nitrogens with zero attached hydrogens (tertiary/aromatic N) is 2. The fourth-order valence-electron chi connectivity index (χ4n) is 2.83. The minimum Gasteiger partial charge on any atom is -0.497 e. The third kappa shape index (κ3) is 3.09. The lowest BCUT2D eigenvalue weighted by Gasteiger charge is -2.17. The molecule has 2 heterocycles. The Hall–Kier alpha value is -3.06. The van der Waals surface area contributed by atoms with E-state index in [-0.39, 0.29) is 12.3 Å². The molecule has 3 aromatic rings. The number of carbonyl (C=O) groups excluding carboxylic acids is 1. The topological polar surface area (TPSA) is 82.3 Å². The van der Waals surface area contributed by atoms with E-state index >= 15 is 0 Å². The first-order valence-corrected chi connectivity index (χ1v) is 8.14. The first kappa shape index (κ1) is 17.8. The Kier molecular flexibility index (Phi) is 5.09. The van der Waals surface area contributed by atoms with E-state index in [1.54, 1.807) is 53.9 Å². The largest absolute Gasteiger partial charge is 0.497 e. The molecule has 0 bridgehead atoms. The van der Waals surface area contributed by atoms with Gasteiger partial charge in [0.15, 0.2) is 5.69 Å². The Morgan fingerprint density at radius 1 is 1.23 bits per heavy atom. The number of methoxy groups -OCH3 is 2. The molecule has 0 saturated carbocycles. The second kappa shape index (κ2) is 7.45. The van der Waals surface area contributed by atoms with Crippen molar-refractivity contribution in [3.05, 3.63) is 59.5 Å². The highest BCUT2D eigenvalue weighted by Crippen LogP contribution is 2.35. The molecule has 2 aromatic heterocycles. The van der Waals surface area contributed by atoms with Crippen LogP contribution < -0.4 is 9.47 Å². The van der Waals surface area contributed by atoms with Gasteiger partial charge in [-0.25, -0.2) is 9.78 Å². The Bertz CT molecular complexity index is 935. The number of benzene rings is 1. The smallest absolute Gasteiger partial charge is 0.358 e. The molecular weight excluding hydrogens is 336 g/mol. The van der Waals surface area contributed by atoms with Crippen LogP contribution in [0.15, 0.2) is 42.6 Å². The van der Waals surface area contributed by atoms with Crippen molar-refractivity contribution in [1.29, 1.82) is 0 Å². The van der Waals surface area contributed by atoms with E-state index in [1.165, 1.54) is 14.2 Å². The van der Waals surface area contributed by atoms with Crippen LogP contribution >= 0.6 is 0 Å². The molecule has 0 amide bonds. The van der Waals surface area contributed by atoms with Gasteiger partial charge in [0.1, 0.15) is 23.3 Å². The van der Waals surface area contributed by atoms with Gasteiger partial charge in [-0.15, -0.1) is 0 Å². The number of ether oxygens (including phenoxy) is 3. The number of hydrogen-bond acceptors (Lipinski definition) is 6. The number of carbonyl (C=O) groups is 1. The van der Waals surface area contributed by atoms with Gasteiger partial charge in [-0.1, -0.05) is 6.07 Å². The van der Waals surface area contributed by atoms with E-state index in [0.29, 0.717) is 28.4 Å². The predicted octanol–water partition coefficient (Wildman–Crippen LogP) is 2.61. The number of fused-ring (bicyclic) bond motifs is 1. The highest BCUT2D eigenvalue weighted by molar-refractivity contribution is 5.90. The summed E-state index contributed by atoms with van der Waals surface area (Å²) in [4.78, 5) is 16.7. The van der Waals surface area contributed by atoms with Crippen LogP contribution in [0.4, 0.5) is 0 Å². The van der Waals surface area contributed by atoms with E-state index in [0.717, 1.165) is 0 Å². The molecule has 1 unspecified atom stereocenters. The van der Waals surface area contributed by atoms with Crippen LogP contribution in [0.1, 0.15) is 34.8 Å². The summed E-state index contributed by atoms with van der Waals surface area (Å²) in [5, 5.41) is 11.1. The second-order valence-corrected chi connectivity index (χ2v) is 5.51. The first-order valence-electron chi connectivity index (χ1n) is 8.14. The standard InChI is InChI=1S/C19H20N2O5/c1-4-26-19(23)16-17(21-10-6-5-7-15(21)20-16)18(22)13-11-12(24-2)8-9-14(13)25-3/h5-11,18,22H,4H2,1-3H3. The Labute approximate surface area is 150 Å². The number of pyridine rings is 1. The predicted molar refractivity (Wildman–Crippen MR) is 94.8 cm³/mol. The van der Waals surface area contributed by atoms with Gasteiger partial charge in [-0.2, -0.15) is 0 Å². The molecule has 1 N–H and O–H groups in total. The lowest BCUT2D eigenvalue weighted by atomic mass is 10.0. The van der Waals surface area contributed by atoms with Crippen molar-refractivity contribution < 1.29 is 24.1 Å². The van der Waals surface area contributed by atoms with E-state index in [2.05, 4.69) is 4.98 Å². The lowest BCUT2D eigenvalue weighted by Crippen LogP contribution is -2.13. The molecule has 0 radical (unpaired) electrons. The average molecular weight is 356 g/mol. The van der Waals surface area contributed by atoms with Crippen LogP contribution in [0.5, 0.6) is 11.5 Å². The normalized spacial score (nSPS) is 12.0. The summed E-state index contributed by atoms with van der Waals surface area (Å²) in [7, 11) is 3.05. The molecule has 7 nitrogen and oxygen atoms in total. The summed E-state index contributed by atoms with van der Waals surface area (Å²) < 4.78 is 17.4. The van der Waals surface area contributed by atoms with Crippen LogP contribution in [0.3, 0.4) is 0 Å². The summed E-state index contributed by atoms with van der Waals surface area (Å²) in [6.45, 7) is 1.93. The van der Waals surface area contributed by atoms with Crippen LogP contribution in [-0.2, 0) is 4.74 Å². The fourth-order valence-corrected chi connectivity index (χ4v) is 2.83. The fraction of sp³-hybridized carbons (Fsp3) is 0.263. The molecule has 26 heavy (non-hydrogen) atoms. The highest BCUT2D eigenvalue weighted by Gasteiger charge is 2.28. The summed E-state index contributed by atoms with van der Waals surface area (Å²) in [6, 6.07) is 10.4. The zero-order valence-corrected chi connectivity index (χ0v) is 14.8. The molecule has 1 aromatic carbocycles. The minimum absolute atomic E-state index is 0.0652. The molecule has 0 spiro atoms. The number of esters is 1. The molecule has 0 aliphatic carbocycles. The maximum Gasteiger partial charge on any atom is 0.358 e. The maximum atomic E-state index is 12.4. The summed E-state index contributed by atoms with van der Waals surface area (Å²) in [6.07, 6.45) is 0.563. The van der Waals surface area contributed by atoms with Crippen LogP contribution in [-0.4, -0.2) is 41.3 Å². The highest BCUT2D eigenvalue weighted by atomic mass is 16.5. The monoisotopic (exact) mass is 356 g/mol. The van der Waals surface area contributed by atoms with Crippen LogP contribution in [0, 0.1) is 0 Å². The van der Waals surface area contributed by atoms with Gasteiger partial charge in [-0.3, -0.25) is 0 Å². The van der Waals surface area contributed by atoms with Crippen LogP contribution in [0.2, 0.25) is 0 Å². The summed E-state index contributed by atoms with van der Waals surface area (Å²) in [5.74, 6) is 0.442. The molecular formula is C19H20N2O5. The lowest BCUT2D eigenvalue weighted by molar-refractivity contribution is 0.0514. The van der Waals surface area contributed by atoms with Gasteiger partial charge in [0, 0.05) is 11.8 Å². The summed E-state index contributed by atoms with van der Waals surface area (Å²) in [5.41, 5.74) is 1.37. The molecule has 0 aliphatic rings. The van der Waals surface area contributed by atoms with Crippen molar-refractivity contribution in [2.45, 2.75) is 13.0 Å². The Morgan fingerprint density at radius 2 is 2.04 bits per heavy atom. The molecule has 0 aliphatic heterocycles. The number of imidazole rings is 1. The van der Waals surface area contributed by atoms with E-state index in [1.807, 2.05) is 0 Å². The third-order valence-electron chi connectivity index (χ3n) is 4.03. The van der Waals surface area contributed by atoms with Crippen LogP contribution in [0.25, 0.3) is 5.65 Å². The van der Waals surface area contributed by atoms with Gasteiger partial charge in [0.2, 0.25) is 0 Å².